The van der Waals surface area contributed by atoms with E-state index in [0.29, 0.717) is 0 Å². The number of hydrogen-bond donors (Lipinski definition) is 1. The van der Waals surface area contributed by atoms with E-state index in [4.69, 9.17) is 4.74 Å². The largest absolute Gasteiger partial charge is 0.385 e. The first-order chi connectivity index (χ1) is 7.38. The van der Waals surface area contributed by atoms with Gasteiger partial charge in [-0.15, -0.1) is 0 Å². The van der Waals surface area contributed by atoms with E-state index in [9.17, 15) is 0 Å². The summed E-state index contributed by atoms with van der Waals surface area (Å²) in [5, 5.41) is 3.42. The number of nitrogens with one attached hydrogen (secondary N) is 1. The second-order valence-electron chi connectivity index (χ2n) is 3.72. The quantitative estimate of drug-likeness (QED) is 0.664. The molecule has 0 unspecified atom stereocenters. The number of aromatic nitrogens is 1. The highest BCUT2D eigenvalue weighted by Gasteiger charge is 1.99. The van der Waals surface area contributed by atoms with Crippen LogP contribution in [0.2, 0.25) is 0 Å². The monoisotopic (exact) mass is 210 g/mol. The predicted octanol–water partition coefficient (Wildman–Crippen LogP) is 2.02. The Labute approximate surface area is 92.4 Å². The summed E-state index contributed by atoms with van der Waals surface area (Å²) in [7, 11) is 1.75. The second-order valence-corrected chi connectivity index (χ2v) is 3.72. The van der Waals surface area contributed by atoms with E-state index in [1.165, 1.54) is 12.1 Å². The van der Waals surface area contributed by atoms with E-state index >= 15 is 0 Å². The van der Waals surface area contributed by atoms with Gasteiger partial charge < -0.3 is 14.6 Å². The van der Waals surface area contributed by atoms with E-state index in [1.54, 1.807) is 7.11 Å². The number of methoxy groups -OCH3 is 1. The van der Waals surface area contributed by atoms with Crippen LogP contribution in [0.15, 0.2) is 18.3 Å². The summed E-state index contributed by atoms with van der Waals surface area (Å²) in [5.74, 6) is 0. The third-order valence-electron chi connectivity index (χ3n) is 2.40. The lowest BCUT2D eigenvalue weighted by Crippen LogP contribution is -2.17. The van der Waals surface area contributed by atoms with Crippen LogP contribution in [0.4, 0.5) is 0 Å². The molecule has 1 aromatic heterocycles. The maximum Gasteiger partial charge on any atom is 0.0479 e. The van der Waals surface area contributed by atoms with E-state index in [1.807, 2.05) is 0 Å². The summed E-state index contributed by atoms with van der Waals surface area (Å²) < 4.78 is 7.34. The number of ether oxygens (including phenoxy) is 1. The van der Waals surface area contributed by atoms with Gasteiger partial charge in [0.05, 0.1) is 0 Å². The van der Waals surface area contributed by atoms with E-state index in [-0.39, 0.29) is 0 Å². The average Bonchev–Trinajstić information content (AvgIpc) is 2.67. The maximum absolute atomic E-state index is 5.05. The summed E-state index contributed by atoms with van der Waals surface area (Å²) >= 11 is 0. The number of nitrogens with zero attached hydrogens (tertiary/aromatic N) is 1. The van der Waals surface area contributed by atoms with Crippen molar-refractivity contribution >= 4 is 0 Å². The van der Waals surface area contributed by atoms with Crippen LogP contribution >= 0.6 is 0 Å². The number of rotatable bonds is 8. The fourth-order valence-electron chi connectivity index (χ4n) is 1.60. The zero-order chi connectivity index (χ0) is 10.9. The highest BCUT2D eigenvalue weighted by molar-refractivity contribution is 5.06. The Morgan fingerprint density at radius 3 is 3.07 bits per heavy atom. The van der Waals surface area contributed by atoms with Crippen LogP contribution in [0.1, 0.15) is 25.5 Å². The zero-order valence-electron chi connectivity index (χ0n) is 9.83. The zero-order valence-corrected chi connectivity index (χ0v) is 9.83. The molecule has 0 saturated carbocycles. The topological polar surface area (TPSA) is 26.2 Å². The molecular formula is C12H22N2O. The number of hydrogen-bond acceptors (Lipinski definition) is 2. The maximum atomic E-state index is 5.05. The molecule has 1 N–H and O–H groups in total. The van der Waals surface area contributed by atoms with Gasteiger partial charge in [0.1, 0.15) is 0 Å². The fourth-order valence-corrected chi connectivity index (χ4v) is 1.60. The Balaban J connectivity index is 2.32. The summed E-state index contributed by atoms with van der Waals surface area (Å²) in [6.45, 7) is 6.12. The van der Waals surface area contributed by atoms with Crippen LogP contribution in [0.3, 0.4) is 0 Å². The molecule has 3 nitrogen and oxygen atoms in total. The van der Waals surface area contributed by atoms with Crippen molar-refractivity contribution in [2.24, 2.45) is 0 Å². The normalized spacial score (nSPS) is 10.8. The molecule has 0 spiro atoms. The van der Waals surface area contributed by atoms with Gasteiger partial charge in [0.2, 0.25) is 0 Å². The molecule has 1 heterocycles. The summed E-state index contributed by atoms with van der Waals surface area (Å²) in [6.07, 6.45) is 4.40. The third-order valence-corrected chi connectivity index (χ3v) is 2.40. The van der Waals surface area contributed by atoms with Crippen LogP contribution < -0.4 is 5.32 Å². The smallest absolute Gasteiger partial charge is 0.0479 e. The minimum absolute atomic E-state index is 0.833. The molecule has 0 bridgehead atoms. The molecule has 0 radical (unpaired) electrons. The van der Waals surface area contributed by atoms with Crippen molar-refractivity contribution in [1.29, 1.82) is 0 Å². The van der Waals surface area contributed by atoms with Gasteiger partial charge in [-0.3, -0.25) is 0 Å². The van der Waals surface area contributed by atoms with Crippen molar-refractivity contribution in [2.75, 3.05) is 20.3 Å². The molecule has 0 aliphatic rings. The number of aryl methyl sites for hydroxylation is 1. The van der Waals surface area contributed by atoms with Crippen molar-refractivity contribution in [2.45, 2.75) is 32.9 Å². The van der Waals surface area contributed by atoms with Crippen LogP contribution in [0.25, 0.3) is 0 Å². The minimum Gasteiger partial charge on any atom is -0.385 e. The van der Waals surface area contributed by atoms with Gasteiger partial charge in [-0.1, -0.05) is 6.92 Å². The molecule has 0 fully saturated rings. The summed E-state index contributed by atoms with van der Waals surface area (Å²) in [4.78, 5) is 0. The Hall–Kier alpha value is -0.800. The Morgan fingerprint density at radius 1 is 1.47 bits per heavy atom. The molecule has 3 heteroatoms. The lowest BCUT2D eigenvalue weighted by Gasteiger charge is -2.09. The van der Waals surface area contributed by atoms with Crippen LogP contribution in [-0.4, -0.2) is 24.8 Å². The van der Waals surface area contributed by atoms with Crippen molar-refractivity contribution in [1.82, 2.24) is 9.88 Å². The fraction of sp³-hybridized carbons (Fsp3) is 0.667. The SMILES string of the molecule is CCCNCc1cccn1CCCOC. The first-order valence-electron chi connectivity index (χ1n) is 5.72. The molecule has 0 amide bonds. The highest BCUT2D eigenvalue weighted by Crippen LogP contribution is 2.03. The lowest BCUT2D eigenvalue weighted by molar-refractivity contribution is 0.190. The van der Waals surface area contributed by atoms with Crippen LogP contribution in [0.5, 0.6) is 0 Å². The highest BCUT2D eigenvalue weighted by atomic mass is 16.5. The predicted molar refractivity (Wildman–Crippen MR) is 62.9 cm³/mol. The van der Waals surface area contributed by atoms with Gasteiger partial charge in [0.15, 0.2) is 0 Å². The standard InChI is InChI=1S/C12H22N2O/c1-3-7-13-11-12-6-4-8-14(12)9-5-10-15-2/h4,6,8,13H,3,5,7,9-11H2,1-2H3. The molecular weight excluding hydrogens is 188 g/mol. The average molecular weight is 210 g/mol. The molecule has 0 atom stereocenters. The molecule has 1 aromatic rings. The van der Waals surface area contributed by atoms with Crippen LogP contribution in [0, 0.1) is 0 Å². The van der Waals surface area contributed by atoms with Gasteiger partial charge in [0.25, 0.3) is 0 Å². The summed E-state index contributed by atoms with van der Waals surface area (Å²) in [6, 6.07) is 4.28. The molecule has 0 saturated heterocycles. The Kier molecular flexibility index (Phi) is 6.12. The second kappa shape index (κ2) is 7.49. The molecule has 0 aliphatic heterocycles. The Morgan fingerprint density at radius 2 is 2.33 bits per heavy atom. The molecule has 0 aliphatic carbocycles. The first kappa shape index (κ1) is 12.3. The van der Waals surface area contributed by atoms with Crippen molar-refractivity contribution in [3.8, 4) is 0 Å². The molecule has 15 heavy (non-hydrogen) atoms. The lowest BCUT2D eigenvalue weighted by atomic mass is 10.3. The first-order valence-corrected chi connectivity index (χ1v) is 5.72. The van der Waals surface area contributed by atoms with E-state index in [0.717, 1.165) is 32.7 Å². The van der Waals surface area contributed by atoms with Gasteiger partial charge in [0, 0.05) is 38.7 Å². The van der Waals surface area contributed by atoms with E-state index in [2.05, 4.69) is 35.1 Å². The van der Waals surface area contributed by atoms with Crippen LogP contribution in [-0.2, 0) is 17.8 Å². The summed E-state index contributed by atoms with van der Waals surface area (Å²) in [5.41, 5.74) is 1.36. The van der Waals surface area contributed by atoms with Gasteiger partial charge in [-0.25, -0.2) is 0 Å². The Bertz CT molecular complexity index is 233. The van der Waals surface area contributed by atoms with Gasteiger partial charge in [-0.2, -0.15) is 0 Å². The van der Waals surface area contributed by atoms with Crippen molar-refractivity contribution < 1.29 is 4.74 Å². The third kappa shape index (κ3) is 4.49. The van der Waals surface area contributed by atoms with Crippen molar-refractivity contribution in [3.63, 3.8) is 0 Å². The molecule has 1 rings (SSSR count). The minimum atomic E-state index is 0.833. The van der Waals surface area contributed by atoms with Crippen molar-refractivity contribution in [3.05, 3.63) is 24.0 Å². The van der Waals surface area contributed by atoms with E-state index < -0.39 is 0 Å². The van der Waals surface area contributed by atoms with Gasteiger partial charge >= 0.3 is 0 Å². The molecule has 0 aromatic carbocycles. The molecule has 86 valence electrons. The van der Waals surface area contributed by atoms with Gasteiger partial charge in [-0.05, 0) is 31.5 Å².